The Kier molecular flexibility index (Phi) is 3.99. The molecule has 0 aromatic carbocycles. The van der Waals surface area contributed by atoms with Crippen LogP contribution in [0.2, 0.25) is 0 Å². The van der Waals surface area contributed by atoms with E-state index in [2.05, 4.69) is 10.6 Å². The monoisotopic (exact) mass is 240 g/mol. The summed E-state index contributed by atoms with van der Waals surface area (Å²) in [6.45, 7) is 0.597. The lowest BCUT2D eigenvalue weighted by atomic mass is 9.92. The van der Waals surface area contributed by atoms with Crippen LogP contribution in [-0.4, -0.2) is 35.6 Å². The molecule has 0 aliphatic heterocycles. The van der Waals surface area contributed by atoms with Crippen LogP contribution < -0.4 is 10.6 Å². The summed E-state index contributed by atoms with van der Waals surface area (Å²) < 4.78 is 0. The first kappa shape index (κ1) is 12.4. The highest BCUT2D eigenvalue weighted by Gasteiger charge is 2.28. The van der Waals surface area contributed by atoms with Gasteiger partial charge >= 0.3 is 11.8 Å². The molecule has 96 valence electrons. The Morgan fingerprint density at radius 2 is 1.76 bits per heavy atom. The molecule has 2 saturated carbocycles. The van der Waals surface area contributed by atoms with Crippen molar-refractivity contribution in [2.75, 3.05) is 6.54 Å². The van der Waals surface area contributed by atoms with E-state index in [1.165, 1.54) is 0 Å². The number of aliphatic hydroxyl groups excluding tert-OH is 1. The van der Waals surface area contributed by atoms with Crippen molar-refractivity contribution < 1.29 is 14.7 Å². The van der Waals surface area contributed by atoms with Gasteiger partial charge in [0.1, 0.15) is 0 Å². The van der Waals surface area contributed by atoms with Gasteiger partial charge in [-0.1, -0.05) is 12.8 Å². The number of amides is 2. The zero-order valence-electron chi connectivity index (χ0n) is 9.95. The molecule has 5 nitrogen and oxygen atoms in total. The first-order valence-corrected chi connectivity index (χ1v) is 6.43. The van der Waals surface area contributed by atoms with Gasteiger partial charge in [-0.2, -0.15) is 0 Å². The Morgan fingerprint density at radius 3 is 2.41 bits per heavy atom. The number of nitrogens with one attached hydrogen (secondary N) is 2. The van der Waals surface area contributed by atoms with E-state index in [9.17, 15) is 14.7 Å². The summed E-state index contributed by atoms with van der Waals surface area (Å²) in [5, 5.41) is 14.9. The quantitative estimate of drug-likeness (QED) is 0.604. The van der Waals surface area contributed by atoms with Crippen molar-refractivity contribution in [1.82, 2.24) is 10.6 Å². The van der Waals surface area contributed by atoms with E-state index >= 15 is 0 Å². The predicted molar refractivity (Wildman–Crippen MR) is 62.1 cm³/mol. The Hall–Kier alpha value is -1.10. The minimum Gasteiger partial charge on any atom is -0.391 e. The van der Waals surface area contributed by atoms with Gasteiger partial charge in [0.05, 0.1) is 12.1 Å². The second-order valence-electron chi connectivity index (χ2n) is 5.09. The molecule has 0 aromatic rings. The lowest BCUT2D eigenvalue weighted by Crippen LogP contribution is -2.50. The first-order valence-electron chi connectivity index (χ1n) is 6.43. The average molecular weight is 240 g/mol. The van der Waals surface area contributed by atoms with Crippen molar-refractivity contribution in [2.45, 2.75) is 50.7 Å². The fourth-order valence-corrected chi connectivity index (χ4v) is 2.15. The summed E-state index contributed by atoms with van der Waals surface area (Å²) >= 11 is 0. The molecule has 2 amide bonds. The van der Waals surface area contributed by atoms with Crippen LogP contribution in [0.3, 0.4) is 0 Å². The zero-order chi connectivity index (χ0) is 12.3. The maximum Gasteiger partial charge on any atom is 0.309 e. The molecule has 0 radical (unpaired) electrons. The molecule has 0 saturated heterocycles. The van der Waals surface area contributed by atoms with Gasteiger partial charge in [0.25, 0.3) is 0 Å². The van der Waals surface area contributed by atoms with Gasteiger partial charge in [0.2, 0.25) is 0 Å². The van der Waals surface area contributed by atoms with E-state index in [1.54, 1.807) is 0 Å². The van der Waals surface area contributed by atoms with Crippen LogP contribution in [0.25, 0.3) is 0 Å². The molecule has 0 spiro atoms. The molecule has 2 aliphatic carbocycles. The van der Waals surface area contributed by atoms with Crippen LogP contribution in [0.5, 0.6) is 0 Å². The third-order valence-corrected chi connectivity index (χ3v) is 3.50. The van der Waals surface area contributed by atoms with Crippen LogP contribution in [0.4, 0.5) is 0 Å². The van der Waals surface area contributed by atoms with Gasteiger partial charge in [0, 0.05) is 6.54 Å². The lowest BCUT2D eigenvalue weighted by Gasteiger charge is -2.27. The molecule has 2 atom stereocenters. The highest BCUT2D eigenvalue weighted by Crippen LogP contribution is 2.27. The van der Waals surface area contributed by atoms with Crippen molar-refractivity contribution >= 4 is 11.8 Å². The van der Waals surface area contributed by atoms with Crippen LogP contribution >= 0.6 is 0 Å². The fourth-order valence-electron chi connectivity index (χ4n) is 2.15. The Bertz CT molecular complexity index is 302. The molecule has 0 bridgehead atoms. The molecule has 2 unspecified atom stereocenters. The Morgan fingerprint density at radius 1 is 1.06 bits per heavy atom. The van der Waals surface area contributed by atoms with Crippen molar-refractivity contribution in [2.24, 2.45) is 5.92 Å². The van der Waals surface area contributed by atoms with Crippen LogP contribution in [0.15, 0.2) is 0 Å². The summed E-state index contributed by atoms with van der Waals surface area (Å²) in [7, 11) is 0. The predicted octanol–water partition coefficient (Wildman–Crippen LogP) is -0.0677. The maximum atomic E-state index is 11.6. The molecule has 0 heterocycles. The molecule has 5 heteroatoms. The molecule has 0 aromatic heterocycles. The van der Waals surface area contributed by atoms with Gasteiger partial charge in [-0.05, 0) is 31.6 Å². The van der Waals surface area contributed by atoms with E-state index in [-0.39, 0.29) is 6.04 Å². The van der Waals surface area contributed by atoms with Crippen LogP contribution in [0.1, 0.15) is 38.5 Å². The van der Waals surface area contributed by atoms with E-state index in [0.29, 0.717) is 18.9 Å². The number of carbonyl (C=O) groups excluding carboxylic acids is 2. The molecule has 2 rings (SSSR count). The summed E-state index contributed by atoms with van der Waals surface area (Å²) in [5.74, 6) is -0.627. The molecular formula is C12H20N2O3. The number of rotatable bonds is 3. The molecule has 3 N–H and O–H groups in total. The van der Waals surface area contributed by atoms with Crippen LogP contribution in [-0.2, 0) is 9.59 Å². The zero-order valence-corrected chi connectivity index (χ0v) is 9.95. The summed E-state index contributed by atoms with van der Waals surface area (Å²) in [6, 6.07) is -0.261. The van der Waals surface area contributed by atoms with Gasteiger partial charge in [-0.3, -0.25) is 9.59 Å². The first-order chi connectivity index (χ1) is 8.16. The van der Waals surface area contributed by atoms with Crippen molar-refractivity contribution in [1.29, 1.82) is 0 Å². The van der Waals surface area contributed by atoms with Crippen LogP contribution in [0, 0.1) is 5.92 Å². The van der Waals surface area contributed by atoms with Crippen molar-refractivity contribution in [3.8, 4) is 0 Å². The minimum absolute atomic E-state index is 0.261. The minimum atomic E-state index is -0.614. The highest BCUT2D eigenvalue weighted by atomic mass is 16.3. The number of carbonyl (C=O) groups is 2. The Labute approximate surface area is 101 Å². The number of hydrogen-bond donors (Lipinski definition) is 3. The summed E-state index contributed by atoms with van der Waals surface area (Å²) in [6.07, 6.45) is 5.21. The van der Waals surface area contributed by atoms with Gasteiger partial charge in [-0.25, -0.2) is 0 Å². The topological polar surface area (TPSA) is 78.4 Å². The highest BCUT2D eigenvalue weighted by molar-refractivity contribution is 6.35. The van der Waals surface area contributed by atoms with Gasteiger partial charge < -0.3 is 15.7 Å². The summed E-state index contributed by atoms with van der Waals surface area (Å²) in [5.41, 5.74) is 0. The molecule has 2 fully saturated rings. The van der Waals surface area contributed by atoms with Gasteiger partial charge in [-0.15, -0.1) is 0 Å². The molecular weight excluding hydrogens is 220 g/mol. The number of hydrogen-bond acceptors (Lipinski definition) is 3. The van der Waals surface area contributed by atoms with E-state index < -0.39 is 17.9 Å². The van der Waals surface area contributed by atoms with E-state index in [1.807, 2.05) is 0 Å². The molecule has 2 aliphatic rings. The summed E-state index contributed by atoms with van der Waals surface area (Å²) in [4.78, 5) is 23.0. The smallest absolute Gasteiger partial charge is 0.309 e. The second-order valence-corrected chi connectivity index (χ2v) is 5.09. The fraction of sp³-hybridized carbons (Fsp3) is 0.833. The number of aliphatic hydroxyl groups is 1. The SMILES string of the molecule is O=C(NCC1CC1)C(=O)NC1CCCCC1O. The molecule has 17 heavy (non-hydrogen) atoms. The lowest BCUT2D eigenvalue weighted by molar-refractivity contribution is -0.140. The standard InChI is InChI=1S/C12H20N2O3/c15-10-4-2-1-3-9(10)14-12(17)11(16)13-7-8-5-6-8/h8-10,15H,1-7H2,(H,13,16)(H,14,17). The van der Waals surface area contributed by atoms with E-state index in [0.717, 1.165) is 32.1 Å². The third-order valence-electron chi connectivity index (χ3n) is 3.50. The second kappa shape index (κ2) is 5.49. The van der Waals surface area contributed by atoms with E-state index in [4.69, 9.17) is 0 Å². The van der Waals surface area contributed by atoms with Crippen molar-refractivity contribution in [3.05, 3.63) is 0 Å². The Balaban J connectivity index is 1.72. The van der Waals surface area contributed by atoms with Crippen molar-refractivity contribution in [3.63, 3.8) is 0 Å². The third kappa shape index (κ3) is 3.70. The maximum absolute atomic E-state index is 11.6. The average Bonchev–Trinajstić information content (AvgIpc) is 3.13. The normalized spacial score (nSPS) is 28.5. The van der Waals surface area contributed by atoms with Gasteiger partial charge in [0.15, 0.2) is 0 Å². The largest absolute Gasteiger partial charge is 0.391 e.